The number of nitrogens with one attached hydrogen (secondary N) is 1. The number of imidazole rings is 1. The summed E-state index contributed by atoms with van der Waals surface area (Å²) >= 11 is 0. The molecule has 0 spiro atoms. The van der Waals surface area contributed by atoms with E-state index in [0.29, 0.717) is 42.3 Å². The number of hydrogen-bond acceptors (Lipinski definition) is 9. The molecule has 0 radical (unpaired) electrons. The molecular formula is C21H24F3N7O3. The lowest BCUT2D eigenvalue weighted by atomic mass is 10.1. The number of alkyl halides is 3. The quantitative estimate of drug-likeness (QED) is 0.426. The predicted octanol–water partition coefficient (Wildman–Crippen LogP) is 1.21. The molecule has 4 N–H and O–H groups in total. The Balaban J connectivity index is 1.31. The van der Waals surface area contributed by atoms with Crippen molar-refractivity contribution in [3.8, 4) is 0 Å². The summed E-state index contributed by atoms with van der Waals surface area (Å²) in [5, 5.41) is 33.4. The van der Waals surface area contributed by atoms with Gasteiger partial charge in [0.05, 0.1) is 24.0 Å². The van der Waals surface area contributed by atoms with Crippen LogP contribution >= 0.6 is 0 Å². The van der Waals surface area contributed by atoms with E-state index in [1.165, 1.54) is 18.7 Å². The molecule has 1 saturated heterocycles. The van der Waals surface area contributed by atoms with Crippen LogP contribution in [0.5, 0.6) is 0 Å². The molecule has 5 rings (SSSR count). The van der Waals surface area contributed by atoms with E-state index in [2.05, 4.69) is 25.3 Å². The van der Waals surface area contributed by atoms with E-state index in [1.54, 1.807) is 4.57 Å². The van der Waals surface area contributed by atoms with Crippen LogP contribution in [0.25, 0.3) is 11.2 Å². The topological polar surface area (TPSA) is 132 Å². The number of anilines is 2. The fourth-order valence-electron chi connectivity index (χ4n) is 4.78. The summed E-state index contributed by atoms with van der Waals surface area (Å²) in [6.45, 7) is 0.915. The lowest BCUT2D eigenvalue weighted by Gasteiger charge is -2.19. The third-order valence-corrected chi connectivity index (χ3v) is 6.65. The van der Waals surface area contributed by atoms with Gasteiger partial charge in [0.1, 0.15) is 23.8 Å². The lowest BCUT2D eigenvalue weighted by molar-refractivity contribution is -0.137. The number of nitrogens with zero attached hydrogens (tertiary/aromatic N) is 6. The number of rotatable bonds is 5. The minimum absolute atomic E-state index is 0.0370. The summed E-state index contributed by atoms with van der Waals surface area (Å²) in [6.07, 6.45) is -1.64. The van der Waals surface area contributed by atoms with Crippen molar-refractivity contribution in [2.45, 2.75) is 43.3 Å². The van der Waals surface area contributed by atoms with E-state index in [-0.39, 0.29) is 12.6 Å². The Morgan fingerprint density at radius 2 is 1.91 bits per heavy atom. The van der Waals surface area contributed by atoms with Crippen molar-refractivity contribution in [2.75, 3.05) is 29.9 Å². The van der Waals surface area contributed by atoms with Gasteiger partial charge in [-0.2, -0.15) is 13.2 Å². The highest BCUT2D eigenvalue weighted by atomic mass is 19.4. The molecule has 1 aliphatic carbocycles. The molecule has 4 heterocycles. The molecular weight excluding hydrogens is 455 g/mol. The molecule has 3 aromatic rings. The predicted molar refractivity (Wildman–Crippen MR) is 115 cm³/mol. The molecule has 2 fully saturated rings. The zero-order chi connectivity index (χ0) is 24.0. The molecule has 1 unspecified atom stereocenters. The van der Waals surface area contributed by atoms with Crippen LogP contribution in [0.1, 0.15) is 24.4 Å². The van der Waals surface area contributed by atoms with E-state index in [4.69, 9.17) is 0 Å². The van der Waals surface area contributed by atoms with Gasteiger partial charge in [-0.05, 0) is 25.0 Å². The Kier molecular flexibility index (Phi) is 5.78. The molecule has 1 aliphatic heterocycles. The number of hydrogen-bond donors (Lipinski definition) is 4. The molecule has 5 atom stereocenters. The highest BCUT2D eigenvalue weighted by molar-refractivity contribution is 5.83. The van der Waals surface area contributed by atoms with E-state index in [9.17, 15) is 28.5 Å². The Hall–Kier alpha value is -3.03. The summed E-state index contributed by atoms with van der Waals surface area (Å²) in [5.74, 6) is 0.546. The molecule has 13 heteroatoms. The monoisotopic (exact) mass is 479 g/mol. The van der Waals surface area contributed by atoms with Crippen LogP contribution in [0.2, 0.25) is 0 Å². The molecule has 0 bridgehead atoms. The fourth-order valence-corrected chi connectivity index (χ4v) is 4.78. The maximum atomic E-state index is 12.8. The fraction of sp³-hybridized carbons (Fsp3) is 0.524. The van der Waals surface area contributed by atoms with E-state index < -0.39 is 35.9 Å². The first-order chi connectivity index (χ1) is 16.3. The molecule has 10 nitrogen and oxygen atoms in total. The van der Waals surface area contributed by atoms with Crippen LogP contribution in [0.3, 0.4) is 0 Å². The number of aliphatic hydroxyl groups is 3. The van der Waals surface area contributed by atoms with E-state index in [1.807, 2.05) is 4.90 Å². The van der Waals surface area contributed by atoms with Gasteiger partial charge in [-0.25, -0.2) is 19.9 Å². The summed E-state index contributed by atoms with van der Waals surface area (Å²) in [4.78, 5) is 18.9. The standard InChI is InChI=1S/C21H24F3N7O3/c22-21(23,24)12-1-2-15(25-6-12)30-4-3-13(7-30)29-19-16-20(27-9-26-19)31(10-28-16)14-5-11(8-32)17(33)18(14)34/h1-2,6,9-11,13-14,17-18,32-34H,3-5,7-8H2,(H,26,27,29)/t11-,13-,14?,17-,18+/m1/s1. The first kappa shape index (κ1) is 22.7. The molecule has 1 saturated carbocycles. The van der Waals surface area contributed by atoms with Gasteiger partial charge in [-0.15, -0.1) is 0 Å². The second-order valence-electron chi connectivity index (χ2n) is 8.75. The summed E-state index contributed by atoms with van der Waals surface area (Å²) in [5.41, 5.74) is 0.212. The van der Waals surface area contributed by atoms with Gasteiger partial charge in [0.15, 0.2) is 11.5 Å². The highest BCUT2D eigenvalue weighted by Gasteiger charge is 2.42. The molecule has 0 amide bonds. The van der Waals surface area contributed by atoms with Gasteiger partial charge in [0.2, 0.25) is 0 Å². The Bertz CT molecular complexity index is 1160. The molecule has 182 valence electrons. The van der Waals surface area contributed by atoms with Gasteiger partial charge in [0.25, 0.3) is 0 Å². The van der Waals surface area contributed by atoms with Crippen molar-refractivity contribution in [3.05, 3.63) is 36.5 Å². The zero-order valence-electron chi connectivity index (χ0n) is 18.0. The van der Waals surface area contributed by atoms with E-state index in [0.717, 1.165) is 18.7 Å². The highest BCUT2D eigenvalue weighted by Crippen LogP contribution is 2.37. The zero-order valence-corrected chi connectivity index (χ0v) is 18.0. The van der Waals surface area contributed by atoms with Crippen molar-refractivity contribution in [1.29, 1.82) is 0 Å². The minimum atomic E-state index is -4.42. The Morgan fingerprint density at radius 3 is 2.59 bits per heavy atom. The molecule has 3 aromatic heterocycles. The average Bonchev–Trinajstić information content (AvgIpc) is 3.52. The van der Waals surface area contributed by atoms with Crippen molar-refractivity contribution in [3.63, 3.8) is 0 Å². The SMILES string of the molecule is OC[C@H]1CC(n2cnc3c(N[C@@H]4CCN(c5ccc(C(F)(F)F)cn5)C4)ncnc32)[C@H](O)[C@@H]1O. The largest absolute Gasteiger partial charge is 0.417 e. The molecule has 0 aromatic carbocycles. The first-order valence-corrected chi connectivity index (χ1v) is 11.0. The molecule has 2 aliphatic rings. The second-order valence-corrected chi connectivity index (χ2v) is 8.75. The summed E-state index contributed by atoms with van der Waals surface area (Å²) in [7, 11) is 0. The minimum Gasteiger partial charge on any atom is -0.396 e. The Labute approximate surface area is 192 Å². The van der Waals surface area contributed by atoms with Gasteiger partial charge < -0.3 is 30.1 Å². The molecule has 34 heavy (non-hydrogen) atoms. The summed E-state index contributed by atoms with van der Waals surface area (Å²) in [6, 6.07) is 1.88. The van der Waals surface area contributed by atoms with Gasteiger partial charge >= 0.3 is 6.18 Å². The van der Waals surface area contributed by atoms with Gasteiger partial charge in [0, 0.05) is 37.9 Å². The van der Waals surface area contributed by atoms with Crippen LogP contribution in [-0.4, -0.2) is 77.8 Å². The van der Waals surface area contributed by atoms with Crippen LogP contribution in [0, 0.1) is 5.92 Å². The number of aliphatic hydroxyl groups excluding tert-OH is 3. The van der Waals surface area contributed by atoms with Gasteiger partial charge in [-0.1, -0.05) is 0 Å². The summed E-state index contributed by atoms with van der Waals surface area (Å²) < 4.78 is 40.1. The maximum Gasteiger partial charge on any atom is 0.417 e. The number of aromatic nitrogens is 5. The van der Waals surface area contributed by atoms with Crippen LogP contribution in [0.15, 0.2) is 31.0 Å². The van der Waals surface area contributed by atoms with Crippen molar-refractivity contribution >= 4 is 22.8 Å². The number of halogens is 3. The number of pyridine rings is 1. The number of fused-ring (bicyclic) bond motifs is 1. The third-order valence-electron chi connectivity index (χ3n) is 6.65. The average molecular weight is 479 g/mol. The van der Waals surface area contributed by atoms with E-state index >= 15 is 0 Å². The lowest BCUT2D eigenvalue weighted by Crippen LogP contribution is -2.30. The van der Waals surface area contributed by atoms with Crippen molar-refractivity contribution < 1.29 is 28.5 Å². The Morgan fingerprint density at radius 1 is 1.09 bits per heavy atom. The maximum absolute atomic E-state index is 12.8. The van der Waals surface area contributed by atoms with Crippen molar-refractivity contribution in [2.24, 2.45) is 5.92 Å². The van der Waals surface area contributed by atoms with Gasteiger partial charge in [-0.3, -0.25) is 0 Å². The van der Waals surface area contributed by atoms with Crippen LogP contribution < -0.4 is 10.2 Å². The second kappa shape index (κ2) is 8.64. The first-order valence-electron chi connectivity index (χ1n) is 11.0. The van der Waals surface area contributed by atoms with Crippen molar-refractivity contribution in [1.82, 2.24) is 24.5 Å². The van der Waals surface area contributed by atoms with Crippen LogP contribution in [-0.2, 0) is 6.18 Å². The van der Waals surface area contributed by atoms with Crippen LogP contribution in [0.4, 0.5) is 24.8 Å². The smallest absolute Gasteiger partial charge is 0.396 e. The third kappa shape index (κ3) is 4.03. The normalized spacial score (nSPS) is 27.6.